The second-order valence-corrected chi connectivity index (χ2v) is 7.36. The Balaban J connectivity index is 2.73. The van der Waals surface area contributed by atoms with Gasteiger partial charge in [0.15, 0.2) is 0 Å². The molecule has 0 aliphatic carbocycles. The number of hydrogen-bond acceptors (Lipinski definition) is 4. The van der Waals surface area contributed by atoms with E-state index >= 15 is 0 Å². The number of hydrogen-bond donors (Lipinski definition) is 2. The van der Waals surface area contributed by atoms with E-state index in [0.29, 0.717) is 25.8 Å². The van der Waals surface area contributed by atoms with Crippen LogP contribution in [0.25, 0.3) is 0 Å². The van der Waals surface area contributed by atoms with E-state index in [9.17, 15) is 19.5 Å². The number of likely N-dealkylation sites (tertiary alicyclic amines) is 1. The average Bonchev–Trinajstić information content (AvgIpc) is 2.84. The molecule has 2 amide bonds. The Morgan fingerprint density at radius 1 is 1.30 bits per heavy atom. The van der Waals surface area contributed by atoms with Crippen molar-refractivity contribution >= 4 is 18.0 Å². The highest BCUT2D eigenvalue weighted by Gasteiger charge is 2.37. The SMILES string of the molecule is CC(C)C[C@H](NC(=O)C1CCCN1C(=O)OC(C)(C)C)C(=O)O. The first-order valence-electron chi connectivity index (χ1n) is 8.04. The third kappa shape index (κ3) is 6.08. The van der Waals surface area contributed by atoms with Gasteiger partial charge in [0.1, 0.15) is 17.7 Å². The number of carboxylic acids is 1. The van der Waals surface area contributed by atoms with Crippen molar-refractivity contribution in [1.82, 2.24) is 10.2 Å². The minimum Gasteiger partial charge on any atom is -0.480 e. The van der Waals surface area contributed by atoms with Crippen LogP contribution in [0, 0.1) is 5.92 Å². The second-order valence-electron chi connectivity index (χ2n) is 7.36. The first kappa shape index (κ1) is 19.3. The van der Waals surface area contributed by atoms with Gasteiger partial charge in [-0.25, -0.2) is 9.59 Å². The number of carboxylic acid groups (broad SMARTS) is 1. The Hall–Kier alpha value is -1.79. The molecule has 1 unspecified atom stereocenters. The number of nitrogens with zero attached hydrogens (tertiary/aromatic N) is 1. The molecule has 1 aliphatic rings. The van der Waals surface area contributed by atoms with E-state index in [1.165, 1.54) is 4.90 Å². The van der Waals surface area contributed by atoms with E-state index < -0.39 is 35.7 Å². The Bertz CT molecular complexity index is 456. The first-order valence-corrected chi connectivity index (χ1v) is 8.04. The zero-order valence-electron chi connectivity index (χ0n) is 14.6. The maximum atomic E-state index is 12.4. The van der Waals surface area contributed by atoms with Crippen LogP contribution in [0.3, 0.4) is 0 Å². The fourth-order valence-corrected chi connectivity index (χ4v) is 2.54. The molecule has 7 heteroatoms. The molecule has 1 saturated heterocycles. The lowest BCUT2D eigenvalue weighted by Crippen LogP contribution is -2.51. The maximum absolute atomic E-state index is 12.4. The van der Waals surface area contributed by atoms with Crippen LogP contribution in [-0.4, -0.2) is 52.2 Å². The fourth-order valence-electron chi connectivity index (χ4n) is 2.54. The zero-order chi connectivity index (χ0) is 17.8. The van der Waals surface area contributed by atoms with Crippen molar-refractivity contribution in [3.8, 4) is 0 Å². The van der Waals surface area contributed by atoms with Crippen molar-refractivity contribution in [3.63, 3.8) is 0 Å². The second kappa shape index (κ2) is 7.66. The van der Waals surface area contributed by atoms with E-state index in [1.807, 2.05) is 13.8 Å². The Morgan fingerprint density at radius 2 is 1.91 bits per heavy atom. The highest BCUT2D eigenvalue weighted by Crippen LogP contribution is 2.21. The van der Waals surface area contributed by atoms with Crippen LogP contribution in [0.4, 0.5) is 4.79 Å². The maximum Gasteiger partial charge on any atom is 0.410 e. The molecule has 2 N–H and O–H groups in total. The molecule has 2 atom stereocenters. The Morgan fingerprint density at radius 3 is 2.39 bits per heavy atom. The number of aliphatic carboxylic acids is 1. The van der Waals surface area contributed by atoms with Gasteiger partial charge in [-0.3, -0.25) is 9.69 Å². The van der Waals surface area contributed by atoms with Crippen molar-refractivity contribution in [2.75, 3.05) is 6.54 Å². The fraction of sp³-hybridized carbons (Fsp3) is 0.812. The Kier molecular flexibility index (Phi) is 6.41. The van der Waals surface area contributed by atoms with Crippen LogP contribution >= 0.6 is 0 Å². The molecule has 0 bridgehead atoms. The highest BCUT2D eigenvalue weighted by atomic mass is 16.6. The van der Waals surface area contributed by atoms with E-state index in [2.05, 4.69) is 5.32 Å². The van der Waals surface area contributed by atoms with Crippen molar-refractivity contribution in [3.05, 3.63) is 0 Å². The number of amides is 2. The molecule has 1 aliphatic heterocycles. The number of carbonyl (C=O) groups excluding carboxylic acids is 2. The molecule has 1 heterocycles. The van der Waals surface area contributed by atoms with Crippen LogP contribution in [0.2, 0.25) is 0 Å². The van der Waals surface area contributed by atoms with Crippen molar-refractivity contribution in [1.29, 1.82) is 0 Å². The third-order valence-electron chi connectivity index (χ3n) is 3.51. The average molecular weight is 328 g/mol. The molecule has 1 rings (SSSR count). The van der Waals surface area contributed by atoms with Gasteiger partial charge >= 0.3 is 12.1 Å². The zero-order valence-corrected chi connectivity index (χ0v) is 14.6. The van der Waals surface area contributed by atoms with Gasteiger partial charge < -0.3 is 15.2 Å². The summed E-state index contributed by atoms with van der Waals surface area (Å²) < 4.78 is 5.31. The van der Waals surface area contributed by atoms with E-state index in [0.717, 1.165) is 0 Å². The molecule has 132 valence electrons. The summed E-state index contributed by atoms with van der Waals surface area (Å²) >= 11 is 0. The minimum atomic E-state index is -1.06. The minimum absolute atomic E-state index is 0.141. The quantitative estimate of drug-likeness (QED) is 0.805. The molecule has 7 nitrogen and oxygen atoms in total. The number of ether oxygens (including phenoxy) is 1. The van der Waals surface area contributed by atoms with Gasteiger partial charge in [-0.2, -0.15) is 0 Å². The summed E-state index contributed by atoms with van der Waals surface area (Å²) in [5.74, 6) is -1.35. The van der Waals surface area contributed by atoms with Crippen LogP contribution in [0.15, 0.2) is 0 Å². The van der Waals surface area contributed by atoms with Crippen LogP contribution in [-0.2, 0) is 14.3 Å². The summed E-state index contributed by atoms with van der Waals surface area (Å²) in [6.45, 7) is 9.52. The van der Waals surface area contributed by atoms with Crippen LogP contribution < -0.4 is 5.32 Å². The largest absolute Gasteiger partial charge is 0.480 e. The lowest BCUT2D eigenvalue weighted by molar-refractivity contribution is -0.143. The first-order chi connectivity index (χ1) is 10.5. The highest BCUT2D eigenvalue weighted by molar-refractivity contribution is 5.89. The van der Waals surface area contributed by atoms with Crippen LogP contribution in [0.5, 0.6) is 0 Å². The summed E-state index contributed by atoms with van der Waals surface area (Å²) in [5, 5.41) is 11.8. The monoisotopic (exact) mass is 328 g/mol. The predicted octanol–water partition coefficient (Wildman–Crippen LogP) is 2.00. The van der Waals surface area contributed by atoms with Gasteiger partial charge in [-0.05, 0) is 46.0 Å². The van der Waals surface area contributed by atoms with Gasteiger partial charge in [0, 0.05) is 6.54 Å². The standard InChI is InChI=1S/C16H28N2O5/c1-10(2)9-11(14(20)21)17-13(19)12-7-6-8-18(12)15(22)23-16(3,4)5/h10-12H,6-9H2,1-5H3,(H,17,19)(H,20,21)/t11-,12?/m0/s1. The van der Waals surface area contributed by atoms with Gasteiger partial charge in [0.25, 0.3) is 0 Å². The lowest BCUT2D eigenvalue weighted by atomic mass is 10.0. The van der Waals surface area contributed by atoms with Crippen LogP contribution in [0.1, 0.15) is 53.9 Å². The molecular formula is C16H28N2O5. The molecule has 0 aromatic rings. The van der Waals surface area contributed by atoms with Gasteiger partial charge in [-0.15, -0.1) is 0 Å². The number of rotatable bonds is 5. The van der Waals surface area contributed by atoms with E-state index in [1.54, 1.807) is 20.8 Å². The predicted molar refractivity (Wildman–Crippen MR) is 85.0 cm³/mol. The molecule has 0 saturated carbocycles. The number of nitrogens with one attached hydrogen (secondary N) is 1. The topological polar surface area (TPSA) is 95.9 Å². The van der Waals surface area contributed by atoms with Crippen molar-refractivity contribution in [2.24, 2.45) is 5.92 Å². The normalized spacial score (nSPS) is 19.6. The molecule has 0 spiro atoms. The van der Waals surface area contributed by atoms with E-state index in [4.69, 9.17) is 4.74 Å². The third-order valence-corrected chi connectivity index (χ3v) is 3.51. The molecular weight excluding hydrogens is 300 g/mol. The number of carbonyl (C=O) groups is 3. The summed E-state index contributed by atoms with van der Waals surface area (Å²) in [6, 6.07) is -1.61. The van der Waals surface area contributed by atoms with Crippen molar-refractivity contribution in [2.45, 2.75) is 71.6 Å². The molecule has 23 heavy (non-hydrogen) atoms. The molecule has 0 radical (unpaired) electrons. The van der Waals surface area contributed by atoms with Crippen molar-refractivity contribution < 1.29 is 24.2 Å². The molecule has 0 aromatic carbocycles. The lowest BCUT2D eigenvalue weighted by Gasteiger charge is -2.28. The molecule has 1 fully saturated rings. The summed E-state index contributed by atoms with van der Waals surface area (Å²) in [4.78, 5) is 37.2. The smallest absolute Gasteiger partial charge is 0.410 e. The Labute approximate surface area is 137 Å². The van der Waals surface area contributed by atoms with Gasteiger partial charge in [-0.1, -0.05) is 13.8 Å². The summed E-state index contributed by atoms with van der Waals surface area (Å²) in [6.07, 6.45) is 1.02. The van der Waals surface area contributed by atoms with Gasteiger partial charge in [0.05, 0.1) is 0 Å². The van der Waals surface area contributed by atoms with Gasteiger partial charge in [0.2, 0.25) is 5.91 Å². The molecule has 0 aromatic heterocycles. The van der Waals surface area contributed by atoms with E-state index in [-0.39, 0.29) is 5.92 Å². The summed E-state index contributed by atoms with van der Waals surface area (Å²) in [5.41, 5.74) is -0.637. The summed E-state index contributed by atoms with van der Waals surface area (Å²) in [7, 11) is 0.